The topological polar surface area (TPSA) is 73.2 Å². The lowest BCUT2D eigenvalue weighted by Gasteiger charge is -2.15. The van der Waals surface area contributed by atoms with Crippen molar-refractivity contribution in [2.24, 2.45) is 0 Å². The van der Waals surface area contributed by atoms with Gasteiger partial charge in [0.15, 0.2) is 6.10 Å². The lowest BCUT2D eigenvalue weighted by atomic mass is 10.1. The first-order valence-corrected chi connectivity index (χ1v) is 10.1. The maximum Gasteiger partial charge on any atom is 0.317 e. The number of rotatable bonds is 7. The molecule has 1 heterocycles. The van der Waals surface area contributed by atoms with Crippen LogP contribution in [-0.2, 0) is 14.3 Å². The third kappa shape index (κ3) is 4.92. The molecule has 3 aromatic rings. The number of nitrogens with zero attached hydrogens (tertiary/aromatic N) is 2. The number of anilines is 1. The van der Waals surface area contributed by atoms with Gasteiger partial charge in [0.05, 0.1) is 11.9 Å². The van der Waals surface area contributed by atoms with E-state index in [1.165, 1.54) is 11.8 Å². The van der Waals surface area contributed by atoms with E-state index in [2.05, 4.69) is 10.4 Å². The minimum Gasteiger partial charge on any atom is -0.452 e. The highest BCUT2D eigenvalue weighted by Gasteiger charge is 2.20. The zero-order valence-corrected chi connectivity index (χ0v) is 16.9. The Morgan fingerprint density at radius 1 is 1.11 bits per heavy atom. The first-order chi connectivity index (χ1) is 13.4. The third-order valence-corrected chi connectivity index (χ3v) is 5.13. The molecule has 0 aliphatic heterocycles. The maximum atomic E-state index is 12.3. The number of nitrogens with one attached hydrogen (secondary N) is 1. The normalized spacial score (nSPS) is 12.1. The van der Waals surface area contributed by atoms with Gasteiger partial charge in [-0.15, -0.1) is 11.8 Å². The van der Waals surface area contributed by atoms with Gasteiger partial charge >= 0.3 is 5.97 Å². The number of thioether (sulfide) groups is 1. The molecule has 2 aromatic carbocycles. The molecule has 1 aromatic heterocycles. The van der Waals surface area contributed by atoms with Crippen LogP contribution in [-0.4, -0.2) is 33.5 Å². The van der Waals surface area contributed by atoms with E-state index < -0.39 is 12.1 Å². The van der Waals surface area contributed by atoms with E-state index in [0.717, 1.165) is 15.7 Å². The van der Waals surface area contributed by atoms with E-state index in [4.69, 9.17) is 4.74 Å². The summed E-state index contributed by atoms with van der Waals surface area (Å²) in [5.41, 5.74) is 0. The second-order valence-electron chi connectivity index (χ2n) is 6.67. The number of hydrogen-bond acceptors (Lipinski definition) is 5. The van der Waals surface area contributed by atoms with Crippen molar-refractivity contribution in [1.29, 1.82) is 0 Å². The van der Waals surface area contributed by atoms with Gasteiger partial charge in [0.25, 0.3) is 5.91 Å². The Morgan fingerprint density at radius 3 is 2.61 bits per heavy atom. The average molecular weight is 398 g/mol. The van der Waals surface area contributed by atoms with E-state index in [1.807, 2.05) is 56.3 Å². The zero-order valence-electron chi connectivity index (χ0n) is 16.1. The number of aromatic nitrogens is 2. The summed E-state index contributed by atoms with van der Waals surface area (Å²) in [7, 11) is 0. The van der Waals surface area contributed by atoms with Crippen molar-refractivity contribution < 1.29 is 14.3 Å². The van der Waals surface area contributed by atoms with Crippen LogP contribution >= 0.6 is 11.8 Å². The van der Waals surface area contributed by atoms with Crippen LogP contribution in [0.4, 0.5) is 5.82 Å². The molecular formula is C21H23N3O3S. The summed E-state index contributed by atoms with van der Waals surface area (Å²) in [6.45, 7) is 5.50. The molecule has 0 radical (unpaired) electrons. The number of carbonyl (C=O) groups is 2. The molecule has 1 N–H and O–H groups in total. The van der Waals surface area contributed by atoms with Crippen molar-refractivity contribution in [3.8, 4) is 0 Å². The van der Waals surface area contributed by atoms with Crippen LogP contribution in [0.25, 0.3) is 10.8 Å². The summed E-state index contributed by atoms with van der Waals surface area (Å²) in [5.74, 6) is -0.0991. The van der Waals surface area contributed by atoms with Gasteiger partial charge in [0, 0.05) is 17.0 Å². The van der Waals surface area contributed by atoms with Crippen LogP contribution in [0.15, 0.2) is 59.6 Å². The van der Waals surface area contributed by atoms with E-state index >= 15 is 0 Å². The van der Waals surface area contributed by atoms with Crippen molar-refractivity contribution in [2.75, 3.05) is 11.1 Å². The van der Waals surface area contributed by atoms with Crippen LogP contribution < -0.4 is 5.32 Å². The van der Waals surface area contributed by atoms with Gasteiger partial charge in [-0.2, -0.15) is 5.10 Å². The van der Waals surface area contributed by atoms with Crippen LogP contribution in [0.3, 0.4) is 0 Å². The highest BCUT2D eigenvalue weighted by Crippen LogP contribution is 2.24. The summed E-state index contributed by atoms with van der Waals surface area (Å²) >= 11 is 1.39. The largest absolute Gasteiger partial charge is 0.452 e. The Bertz CT molecular complexity index is 984. The van der Waals surface area contributed by atoms with Crippen molar-refractivity contribution in [3.63, 3.8) is 0 Å². The summed E-state index contributed by atoms with van der Waals surface area (Å²) in [4.78, 5) is 25.4. The van der Waals surface area contributed by atoms with Gasteiger partial charge in [-0.1, -0.05) is 30.3 Å². The predicted molar refractivity (Wildman–Crippen MR) is 111 cm³/mol. The molecule has 0 bridgehead atoms. The zero-order chi connectivity index (χ0) is 20.1. The van der Waals surface area contributed by atoms with Crippen molar-refractivity contribution in [1.82, 2.24) is 9.78 Å². The lowest BCUT2D eigenvalue weighted by molar-refractivity contribution is -0.150. The molecule has 0 unspecified atom stereocenters. The minimum atomic E-state index is -0.889. The fourth-order valence-electron chi connectivity index (χ4n) is 2.74. The summed E-state index contributed by atoms with van der Waals surface area (Å²) < 4.78 is 6.97. The molecular weight excluding hydrogens is 374 g/mol. The van der Waals surface area contributed by atoms with E-state index in [0.29, 0.717) is 5.82 Å². The molecule has 0 fully saturated rings. The SMILES string of the molecule is CC(C)n1nccc1NC(=O)[C@@H](C)OC(=O)CSc1ccc2ccccc2c1. The van der Waals surface area contributed by atoms with Gasteiger partial charge in [-0.25, -0.2) is 4.68 Å². The number of fused-ring (bicyclic) bond motifs is 1. The highest BCUT2D eigenvalue weighted by molar-refractivity contribution is 8.00. The van der Waals surface area contributed by atoms with Crippen LogP contribution in [0.5, 0.6) is 0 Å². The van der Waals surface area contributed by atoms with Crippen LogP contribution in [0.2, 0.25) is 0 Å². The number of hydrogen-bond donors (Lipinski definition) is 1. The van der Waals surface area contributed by atoms with Gasteiger partial charge in [0.2, 0.25) is 0 Å². The molecule has 146 valence electrons. The van der Waals surface area contributed by atoms with Crippen LogP contribution in [0, 0.1) is 0 Å². The lowest BCUT2D eigenvalue weighted by Crippen LogP contribution is -2.31. The molecule has 7 heteroatoms. The molecule has 6 nitrogen and oxygen atoms in total. The van der Waals surface area contributed by atoms with Gasteiger partial charge in [-0.05, 0) is 43.7 Å². The first-order valence-electron chi connectivity index (χ1n) is 9.09. The molecule has 0 saturated carbocycles. The van der Waals surface area contributed by atoms with Crippen LogP contribution in [0.1, 0.15) is 26.8 Å². The second kappa shape index (κ2) is 8.93. The molecule has 0 aliphatic carbocycles. The van der Waals surface area contributed by atoms with Crippen molar-refractivity contribution in [3.05, 3.63) is 54.7 Å². The predicted octanol–water partition coefficient (Wildman–Crippen LogP) is 4.28. The molecule has 3 rings (SSSR count). The Balaban J connectivity index is 1.51. The maximum absolute atomic E-state index is 12.3. The number of benzene rings is 2. The fourth-order valence-corrected chi connectivity index (χ4v) is 3.46. The molecule has 28 heavy (non-hydrogen) atoms. The second-order valence-corrected chi connectivity index (χ2v) is 7.72. The first kappa shape index (κ1) is 19.9. The number of carbonyl (C=O) groups excluding carboxylic acids is 2. The third-order valence-electron chi connectivity index (χ3n) is 4.17. The summed E-state index contributed by atoms with van der Waals surface area (Å²) in [6, 6.07) is 15.9. The van der Waals surface area contributed by atoms with E-state index in [-0.39, 0.29) is 17.7 Å². The number of ether oxygens (including phenoxy) is 1. The smallest absolute Gasteiger partial charge is 0.317 e. The molecule has 0 aliphatic rings. The number of esters is 1. The van der Waals surface area contributed by atoms with E-state index in [9.17, 15) is 9.59 Å². The molecule has 1 atom stereocenters. The van der Waals surface area contributed by atoms with Gasteiger partial charge in [-0.3, -0.25) is 9.59 Å². The highest BCUT2D eigenvalue weighted by atomic mass is 32.2. The van der Waals surface area contributed by atoms with Crippen molar-refractivity contribution >= 4 is 40.2 Å². The quantitative estimate of drug-likeness (QED) is 0.476. The Hall–Kier alpha value is -2.80. The summed E-state index contributed by atoms with van der Waals surface area (Å²) in [5, 5.41) is 9.19. The van der Waals surface area contributed by atoms with Gasteiger partial charge in [0.1, 0.15) is 5.82 Å². The summed E-state index contributed by atoms with van der Waals surface area (Å²) in [6.07, 6.45) is 0.729. The monoisotopic (exact) mass is 397 g/mol. The fraction of sp³-hybridized carbons (Fsp3) is 0.286. The minimum absolute atomic E-state index is 0.113. The Kier molecular flexibility index (Phi) is 6.36. The standard InChI is InChI=1S/C21H23N3O3S/c1-14(2)24-19(10-11-22-24)23-21(26)15(3)27-20(25)13-28-18-9-8-16-6-4-5-7-17(16)12-18/h4-12,14-15H,13H2,1-3H3,(H,23,26)/t15-/m1/s1. The number of amides is 1. The molecule has 0 saturated heterocycles. The van der Waals surface area contributed by atoms with E-state index in [1.54, 1.807) is 23.9 Å². The molecule has 1 amide bonds. The Morgan fingerprint density at radius 2 is 1.86 bits per heavy atom. The van der Waals surface area contributed by atoms with Crippen molar-refractivity contribution in [2.45, 2.75) is 37.8 Å². The molecule has 0 spiro atoms. The Labute approximate surface area is 168 Å². The average Bonchev–Trinajstić information content (AvgIpc) is 3.14. The van der Waals surface area contributed by atoms with Gasteiger partial charge < -0.3 is 10.1 Å².